The fourth-order valence-electron chi connectivity index (χ4n) is 5.95. The maximum Gasteiger partial charge on any atom is 0.361 e. The number of carbonyl (C=O) groups excluding carboxylic acids is 2. The second-order valence-electron chi connectivity index (χ2n) is 17.0. The summed E-state index contributed by atoms with van der Waals surface area (Å²) in [6.45, 7) is 4.54. The third-order valence-electron chi connectivity index (χ3n) is 9.71. The van der Waals surface area contributed by atoms with Crippen molar-refractivity contribution < 1.29 is 42.9 Å². The Bertz CT molecular complexity index is 1470. The molecule has 2 atom stereocenters. The normalized spacial score (nSPS) is 13.9. The van der Waals surface area contributed by atoms with E-state index in [0.717, 1.165) is 116 Å². The van der Waals surface area contributed by atoms with Gasteiger partial charge in [-0.15, -0.1) is 0 Å². The molecule has 2 unspecified atom stereocenters. The number of quaternary nitrogens is 1. The van der Waals surface area contributed by atoms with E-state index in [2.05, 4.69) is 135 Å². The van der Waals surface area contributed by atoms with Crippen molar-refractivity contribution in [1.29, 1.82) is 0 Å². The average molecular weight is 905 g/mol. The van der Waals surface area contributed by atoms with Gasteiger partial charge in [0.1, 0.15) is 13.2 Å². The Labute approximate surface area is 396 Å². The molecule has 0 fully saturated rings. The van der Waals surface area contributed by atoms with E-state index in [4.69, 9.17) is 18.9 Å². The Hall–Kier alpha value is -4.31. The zero-order valence-corrected chi connectivity index (χ0v) is 41.3. The van der Waals surface area contributed by atoms with Crippen LogP contribution in [0, 0.1) is 0 Å². The van der Waals surface area contributed by atoms with Crippen LogP contribution in [0.25, 0.3) is 0 Å². The lowest BCUT2D eigenvalue weighted by molar-refractivity contribution is -0.870. The van der Waals surface area contributed by atoms with E-state index < -0.39 is 30.3 Å². The summed E-state index contributed by atoms with van der Waals surface area (Å²) in [5, 5.41) is 9.66. The van der Waals surface area contributed by atoms with Crippen LogP contribution in [0.3, 0.4) is 0 Å². The molecule has 0 radical (unpaired) electrons. The number of unbranched alkanes of at least 4 members (excludes halogenated alkanes) is 8. The lowest BCUT2D eigenvalue weighted by atomic mass is 10.1. The highest BCUT2D eigenvalue weighted by Gasteiger charge is 2.25. The fraction of sp³-hybridized carbons (Fsp3) is 0.589. The van der Waals surface area contributed by atoms with Gasteiger partial charge in [0.05, 0.1) is 34.4 Å². The molecule has 9 heteroatoms. The second-order valence-corrected chi connectivity index (χ2v) is 17.0. The number of rotatable bonds is 43. The Balaban J connectivity index is 4.46. The minimum Gasteiger partial charge on any atom is -0.477 e. The van der Waals surface area contributed by atoms with Gasteiger partial charge in [0, 0.05) is 12.8 Å². The van der Waals surface area contributed by atoms with E-state index in [1.54, 1.807) is 0 Å². The zero-order chi connectivity index (χ0) is 47.7. The summed E-state index contributed by atoms with van der Waals surface area (Å²) in [7, 11) is 5.93. The van der Waals surface area contributed by atoms with Gasteiger partial charge in [-0.1, -0.05) is 161 Å². The first kappa shape index (κ1) is 60.7. The van der Waals surface area contributed by atoms with Crippen LogP contribution < -0.4 is 0 Å². The van der Waals surface area contributed by atoms with Crippen LogP contribution in [-0.4, -0.2) is 87.4 Å². The maximum absolute atomic E-state index is 12.8. The summed E-state index contributed by atoms with van der Waals surface area (Å²) in [4.78, 5) is 37.2. The maximum atomic E-state index is 12.8. The van der Waals surface area contributed by atoms with Gasteiger partial charge in [-0.2, -0.15) is 0 Å². The summed E-state index contributed by atoms with van der Waals surface area (Å²) in [6.07, 6.45) is 61.2. The van der Waals surface area contributed by atoms with E-state index in [1.165, 1.54) is 0 Å². The molecule has 1 N–H and O–H groups in total. The van der Waals surface area contributed by atoms with Gasteiger partial charge in [0.2, 0.25) is 0 Å². The predicted octanol–water partition coefficient (Wildman–Crippen LogP) is 13.8. The van der Waals surface area contributed by atoms with Crippen molar-refractivity contribution in [3.8, 4) is 0 Å². The van der Waals surface area contributed by atoms with Crippen molar-refractivity contribution in [1.82, 2.24) is 0 Å². The predicted molar refractivity (Wildman–Crippen MR) is 271 cm³/mol. The molecule has 0 bridgehead atoms. The topological polar surface area (TPSA) is 108 Å². The molecule has 0 rings (SSSR count). The number of aliphatic carboxylic acids is 1. The molecule has 9 nitrogen and oxygen atoms in total. The van der Waals surface area contributed by atoms with Crippen LogP contribution in [0.5, 0.6) is 0 Å². The number of carboxylic acid groups (broad SMARTS) is 1. The molecular formula is C56H90NO8+. The summed E-state index contributed by atoms with van der Waals surface area (Å²) < 4.78 is 22.7. The summed E-state index contributed by atoms with van der Waals surface area (Å²) in [5.41, 5.74) is 0. The van der Waals surface area contributed by atoms with Gasteiger partial charge < -0.3 is 28.5 Å². The highest BCUT2D eigenvalue weighted by atomic mass is 16.7. The third-order valence-corrected chi connectivity index (χ3v) is 9.71. The molecule has 0 spiro atoms. The molecule has 0 heterocycles. The van der Waals surface area contributed by atoms with Crippen molar-refractivity contribution in [2.24, 2.45) is 0 Å². The quantitative estimate of drug-likeness (QED) is 0.0212. The first-order valence-corrected chi connectivity index (χ1v) is 24.7. The van der Waals surface area contributed by atoms with Crippen molar-refractivity contribution in [3.05, 3.63) is 122 Å². The van der Waals surface area contributed by atoms with Crippen molar-refractivity contribution in [2.45, 2.75) is 167 Å². The minimum absolute atomic E-state index is 0.170. The fourth-order valence-corrected chi connectivity index (χ4v) is 5.95. The van der Waals surface area contributed by atoms with Gasteiger partial charge in [-0.05, 0) is 103 Å². The molecule has 0 amide bonds. The van der Waals surface area contributed by atoms with Gasteiger partial charge in [0.15, 0.2) is 6.10 Å². The summed E-state index contributed by atoms with van der Waals surface area (Å²) >= 11 is 0. The lowest BCUT2D eigenvalue weighted by Gasteiger charge is -2.25. The SMILES string of the molecule is CC/C=C\C/C=C\C/C=C\C/C=C\C/C=C\C/C=C\CCCCCCCCC(=O)OC(COC(=O)CCCC/C=C\C/C=C\C/C=C\C/C=C\CC)COC(OCC[N+](C)(C)C)C(=O)O. The number of nitrogens with zero attached hydrogens (tertiary/aromatic N) is 1. The Morgan fingerprint density at radius 2 is 0.831 bits per heavy atom. The van der Waals surface area contributed by atoms with Crippen LogP contribution >= 0.6 is 0 Å². The first-order chi connectivity index (χ1) is 31.6. The van der Waals surface area contributed by atoms with Gasteiger partial charge >= 0.3 is 17.9 Å². The highest BCUT2D eigenvalue weighted by Crippen LogP contribution is 2.12. The molecule has 0 saturated heterocycles. The number of hydrogen-bond donors (Lipinski definition) is 1. The second kappa shape index (κ2) is 46.2. The van der Waals surface area contributed by atoms with Crippen molar-refractivity contribution in [3.63, 3.8) is 0 Å². The lowest BCUT2D eigenvalue weighted by Crippen LogP contribution is -2.40. The molecule has 0 aromatic carbocycles. The van der Waals surface area contributed by atoms with E-state index in [9.17, 15) is 19.5 Å². The number of carbonyl (C=O) groups is 3. The Morgan fingerprint density at radius 1 is 0.462 bits per heavy atom. The third kappa shape index (κ3) is 47.5. The van der Waals surface area contributed by atoms with Gasteiger partial charge in [0.25, 0.3) is 6.29 Å². The summed E-state index contributed by atoms with van der Waals surface area (Å²) in [5.74, 6) is -2.10. The van der Waals surface area contributed by atoms with Crippen LogP contribution in [-0.2, 0) is 33.3 Å². The molecule has 0 saturated carbocycles. The Morgan fingerprint density at radius 3 is 1.26 bits per heavy atom. The van der Waals surface area contributed by atoms with Crippen LogP contribution in [0.2, 0.25) is 0 Å². The van der Waals surface area contributed by atoms with E-state index in [1.807, 2.05) is 21.1 Å². The highest BCUT2D eigenvalue weighted by molar-refractivity contribution is 5.71. The standard InChI is InChI=1S/C56H89NO8/c1-6-8-10-12-14-16-18-20-22-23-24-25-26-27-28-29-30-31-33-35-37-39-41-43-45-47-54(59)65-52(51-64-56(55(60)61)62-49-48-57(3,4)5)50-63-53(58)46-44-42-40-38-36-34-32-21-19-17-15-13-11-9-7-2/h8-11,14-17,20-22,24-25,27-28,30-32,36,38,52,56H,6-7,12-13,18-19,23,26,29,33-35,37,39-51H2,1-5H3/p+1/b10-8-,11-9-,16-14-,17-15-,22-20-,25-24-,28-27-,31-30-,32-21-,38-36-. The van der Waals surface area contributed by atoms with Crippen LogP contribution in [0.1, 0.15) is 155 Å². The molecule has 65 heavy (non-hydrogen) atoms. The number of carboxylic acids is 1. The zero-order valence-electron chi connectivity index (χ0n) is 41.3. The van der Waals surface area contributed by atoms with E-state index >= 15 is 0 Å². The molecule has 0 aliphatic heterocycles. The monoisotopic (exact) mass is 905 g/mol. The van der Waals surface area contributed by atoms with Crippen molar-refractivity contribution in [2.75, 3.05) is 47.5 Å². The van der Waals surface area contributed by atoms with Crippen molar-refractivity contribution >= 4 is 17.9 Å². The van der Waals surface area contributed by atoms with E-state index in [-0.39, 0.29) is 32.7 Å². The number of esters is 2. The van der Waals surface area contributed by atoms with Crippen LogP contribution in [0.4, 0.5) is 0 Å². The number of likely N-dealkylation sites (N-methyl/N-ethyl adjacent to an activating group) is 1. The minimum atomic E-state index is -1.53. The molecule has 0 aliphatic carbocycles. The molecule has 0 aromatic rings. The number of ether oxygens (including phenoxy) is 4. The van der Waals surface area contributed by atoms with Crippen LogP contribution in [0.15, 0.2) is 122 Å². The molecule has 366 valence electrons. The first-order valence-electron chi connectivity index (χ1n) is 24.7. The van der Waals surface area contributed by atoms with E-state index in [0.29, 0.717) is 23.9 Å². The molecular weight excluding hydrogens is 815 g/mol. The summed E-state index contributed by atoms with van der Waals surface area (Å²) in [6, 6.07) is 0. The average Bonchev–Trinajstić information content (AvgIpc) is 3.27. The smallest absolute Gasteiger partial charge is 0.361 e. The molecule has 0 aliphatic rings. The number of hydrogen-bond acceptors (Lipinski definition) is 7. The van der Waals surface area contributed by atoms with Gasteiger partial charge in [-0.3, -0.25) is 9.59 Å². The largest absolute Gasteiger partial charge is 0.477 e. The Kier molecular flexibility index (Phi) is 43.2. The van der Waals surface area contributed by atoms with Gasteiger partial charge in [-0.25, -0.2) is 4.79 Å². The molecule has 0 aromatic heterocycles. The number of allylic oxidation sites excluding steroid dienone is 20.